The summed E-state index contributed by atoms with van der Waals surface area (Å²) in [6.07, 6.45) is -6.50. The number of sulfonamides is 1. The smallest absolute Gasteiger partial charge is 0.372 e. The minimum Gasteiger partial charge on any atom is -0.372 e. The third-order valence-corrected chi connectivity index (χ3v) is 7.45. The van der Waals surface area contributed by atoms with E-state index >= 15 is 0 Å². The number of amides is 1. The number of benzene rings is 2. The van der Waals surface area contributed by atoms with Crippen molar-refractivity contribution in [1.29, 1.82) is 0 Å². The highest BCUT2D eigenvalue weighted by Crippen LogP contribution is 2.38. The lowest BCUT2D eigenvalue weighted by Crippen LogP contribution is -2.43. The number of nitrogens with zero attached hydrogens (tertiary/aromatic N) is 3. The lowest BCUT2D eigenvalue weighted by Gasteiger charge is -2.31. The van der Waals surface area contributed by atoms with Crippen LogP contribution in [0.3, 0.4) is 0 Å². The number of hydrogen-bond donors (Lipinski definition) is 0. The molecule has 0 aliphatic carbocycles. The summed E-state index contributed by atoms with van der Waals surface area (Å²) in [5.41, 5.74) is 2.01. The summed E-state index contributed by atoms with van der Waals surface area (Å²) < 4.78 is 67.4. The molecule has 0 saturated carbocycles. The van der Waals surface area contributed by atoms with Gasteiger partial charge in [0.1, 0.15) is 6.17 Å². The van der Waals surface area contributed by atoms with Crippen LogP contribution in [0.25, 0.3) is 0 Å². The fourth-order valence-corrected chi connectivity index (χ4v) is 5.44. The van der Waals surface area contributed by atoms with E-state index in [1.807, 2.05) is 13.8 Å². The number of aryl methyl sites for hydroxylation is 1. The Morgan fingerprint density at radius 2 is 1.56 bits per heavy atom. The van der Waals surface area contributed by atoms with Crippen molar-refractivity contribution in [2.45, 2.75) is 38.0 Å². The predicted molar refractivity (Wildman–Crippen MR) is 116 cm³/mol. The zero-order valence-electron chi connectivity index (χ0n) is 18.1. The molecule has 1 unspecified atom stereocenters. The topological polar surface area (TPSA) is 60.9 Å². The van der Waals surface area contributed by atoms with Crippen LogP contribution < -0.4 is 4.90 Å². The van der Waals surface area contributed by atoms with Gasteiger partial charge in [-0.2, -0.15) is 17.5 Å². The van der Waals surface area contributed by atoms with Crippen LogP contribution in [-0.2, 0) is 14.8 Å². The number of anilines is 1. The van der Waals surface area contributed by atoms with Crippen LogP contribution >= 0.6 is 0 Å². The first-order valence-electron chi connectivity index (χ1n) is 10.3. The first-order valence-corrected chi connectivity index (χ1v) is 11.8. The number of halogens is 3. The first-order chi connectivity index (χ1) is 15.0. The van der Waals surface area contributed by atoms with Crippen LogP contribution in [0.1, 0.15) is 31.1 Å². The van der Waals surface area contributed by atoms with Crippen molar-refractivity contribution < 1.29 is 26.4 Å². The second-order valence-electron chi connectivity index (χ2n) is 7.56. The SMILES string of the molecule is CCN(CC)c1ccc(C2N(C(=O)C(F)(F)F)CCN2S(=O)(=O)c2ccc(C)cc2)cc1. The standard InChI is InChI=1S/C22H26F3N3O3S/c1-4-26(5-2)18-10-8-17(9-11-18)20-27(21(29)22(23,24)25)14-15-28(20)32(30,31)19-12-6-16(3)7-13-19/h6-13,20H,4-5,14-15H2,1-3H3. The molecule has 1 heterocycles. The molecule has 0 radical (unpaired) electrons. The molecule has 3 rings (SSSR count). The summed E-state index contributed by atoms with van der Waals surface area (Å²) >= 11 is 0. The molecule has 174 valence electrons. The molecule has 6 nitrogen and oxygen atoms in total. The molecule has 2 aromatic carbocycles. The molecule has 32 heavy (non-hydrogen) atoms. The summed E-state index contributed by atoms with van der Waals surface area (Å²) in [4.78, 5) is 14.7. The Kier molecular flexibility index (Phi) is 6.85. The second kappa shape index (κ2) is 9.11. The van der Waals surface area contributed by atoms with Gasteiger partial charge in [0.05, 0.1) is 4.90 Å². The van der Waals surface area contributed by atoms with Crippen LogP contribution in [0.15, 0.2) is 53.4 Å². The average molecular weight is 470 g/mol. The van der Waals surface area contributed by atoms with Gasteiger partial charge in [0, 0.05) is 31.9 Å². The Balaban J connectivity index is 2.05. The van der Waals surface area contributed by atoms with Crippen LogP contribution in [0.5, 0.6) is 0 Å². The van der Waals surface area contributed by atoms with E-state index in [1.165, 1.54) is 12.1 Å². The van der Waals surface area contributed by atoms with Gasteiger partial charge >= 0.3 is 12.1 Å². The fourth-order valence-electron chi connectivity index (χ4n) is 3.87. The Labute approximate surface area is 186 Å². The maximum Gasteiger partial charge on any atom is 0.471 e. The summed E-state index contributed by atoms with van der Waals surface area (Å²) in [5, 5.41) is 0. The van der Waals surface area contributed by atoms with E-state index in [0.717, 1.165) is 28.6 Å². The Bertz CT molecular complexity index is 1050. The number of rotatable bonds is 6. The monoisotopic (exact) mass is 469 g/mol. The summed E-state index contributed by atoms with van der Waals surface area (Å²) in [6.45, 7) is 6.66. The molecule has 0 N–H and O–H groups in total. The second-order valence-corrected chi connectivity index (χ2v) is 9.45. The quantitative estimate of drug-likeness (QED) is 0.643. The number of carbonyl (C=O) groups excluding carboxylic acids is 1. The van der Waals surface area contributed by atoms with Gasteiger partial charge in [-0.25, -0.2) is 8.42 Å². The third kappa shape index (κ3) is 4.61. The van der Waals surface area contributed by atoms with Crippen molar-refractivity contribution in [2.75, 3.05) is 31.1 Å². The van der Waals surface area contributed by atoms with Crippen molar-refractivity contribution in [2.24, 2.45) is 0 Å². The maximum absolute atomic E-state index is 13.3. The highest BCUT2D eigenvalue weighted by atomic mass is 32.2. The minimum absolute atomic E-state index is 0.0332. The average Bonchev–Trinajstić information content (AvgIpc) is 3.20. The molecule has 0 aromatic heterocycles. The first kappa shape index (κ1) is 24.1. The Hall–Kier alpha value is -2.59. The van der Waals surface area contributed by atoms with Crippen molar-refractivity contribution in [3.05, 3.63) is 59.7 Å². The van der Waals surface area contributed by atoms with Gasteiger partial charge < -0.3 is 9.80 Å². The van der Waals surface area contributed by atoms with Crippen LogP contribution in [0, 0.1) is 6.92 Å². The molecular weight excluding hydrogens is 443 g/mol. The van der Waals surface area contributed by atoms with Crippen LogP contribution in [-0.4, -0.2) is 55.9 Å². The van der Waals surface area contributed by atoms with Gasteiger partial charge in [0.15, 0.2) is 0 Å². The normalized spacial score (nSPS) is 17.6. The summed E-state index contributed by atoms with van der Waals surface area (Å²) in [6, 6.07) is 12.7. The maximum atomic E-state index is 13.3. The number of hydrogen-bond acceptors (Lipinski definition) is 4. The van der Waals surface area contributed by atoms with Crippen LogP contribution in [0.2, 0.25) is 0 Å². The lowest BCUT2D eigenvalue weighted by molar-refractivity contribution is -0.187. The van der Waals surface area contributed by atoms with E-state index in [-0.39, 0.29) is 18.0 Å². The summed E-state index contributed by atoms with van der Waals surface area (Å²) in [7, 11) is -4.14. The zero-order valence-corrected chi connectivity index (χ0v) is 18.9. The molecule has 2 aromatic rings. The van der Waals surface area contributed by atoms with Gasteiger partial charge in [-0.3, -0.25) is 4.79 Å². The van der Waals surface area contributed by atoms with Crippen molar-refractivity contribution >= 4 is 21.6 Å². The molecule has 1 aliphatic heterocycles. The van der Waals surface area contributed by atoms with Gasteiger partial charge in [-0.05, 0) is 50.6 Å². The van der Waals surface area contributed by atoms with Gasteiger partial charge in [0.2, 0.25) is 10.0 Å². The van der Waals surface area contributed by atoms with E-state index in [0.29, 0.717) is 10.5 Å². The van der Waals surface area contributed by atoms with Gasteiger partial charge in [-0.1, -0.05) is 29.8 Å². The van der Waals surface area contributed by atoms with E-state index in [1.54, 1.807) is 43.3 Å². The molecule has 0 bridgehead atoms. The highest BCUT2D eigenvalue weighted by Gasteiger charge is 2.51. The van der Waals surface area contributed by atoms with Crippen molar-refractivity contribution in [3.63, 3.8) is 0 Å². The zero-order chi connectivity index (χ0) is 23.7. The molecule has 1 aliphatic rings. The lowest BCUT2D eigenvalue weighted by atomic mass is 10.1. The Morgan fingerprint density at radius 1 is 1.00 bits per heavy atom. The van der Waals surface area contributed by atoms with E-state index in [9.17, 15) is 26.4 Å². The molecule has 1 saturated heterocycles. The van der Waals surface area contributed by atoms with Crippen molar-refractivity contribution in [3.8, 4) is 0 Å². The summed E-state index contributed by atoms with van der Waals surface area (Å²) in [5.74, 6) is -2.06. The van der Waals surface area contributed by atoms with E-state index in [2.05, 4.69) is 4.90 Å². The van der Waals surface area contributed by atoms with Gasteiger partial charge in [0.25, 0.3) is 0 Å². The van der Waals surface area contributed by atoms with E-state index < -0.39 is 28.3 Å². The molecule has 1 fully saturated rings. The third-order valence-electron chi connectivity index (χ3n) is 5.58. The molecule has 1 atom stereocenters. The predicted octanol–water partition coefficient (Wildman–Crippen LogP) is 3.94. The fraction of sp³-hybridized carbons (Fsp3) is 0.409. The molecule has 0 spiro atoms. The Morgan fingerprint density at radius 3 is 2.06 bits per heavy atom. The molecular formula is C22H26F3N3O3S. The van der Waals surface area contributed by atoms with E-state index in [4.69, 9.17) is 0 Å². The van der Waals surface area contributed by atoms with Crippen LogP contribution in [0.4, 0.5) is 18.9 Å². The molecule has 10 heteroatoms. The largest absolute Gasteiger partial charge is 0.471 e. The van der Waals surface area contributed by atoms with Crippen molar-refractivity contribution in [1.82, 2.24) is 9.21 Å². The molecule has 1 amide bonds. The minimum atomic E-state index is -5.11. The van der Waals surface area contributed by atoms with Gasteiger partial charge in [-0.15, -0.1) is 0 Å². The highest BCUT2D eigenvalue weighted by molar-refractivity contribution is 7.89. The number of carbonyl (C=O) groups is 1. The number of alkyl halides is 3.